The molecule has 648 valence electrons. The molecule has 63 heteroatoms. The van der Waals surface area contributed by atoms with Gasteiger partial charge in [0, 0.05) is 0 Å². The van der Waals surface area contributed by atoms with Crippen LogP contribution in [0.25, 0.3) is 22.7 Å². The van der Waals surface area contributed by atoms with Crippen molar-refractivity contribution in [3.05, 3.63) is 258 Å². The Labute approximate surface area is 752 Å². The summed E-state index contributed by atoms with van der Waals surface area (Å²) in [4.78, 5) is 91.4. The van der Waals surface area contributed by atoms with E-state index in [9.17, 15) is 163 Å². The molecule has 0 saturated heterocycles. The quantitative estimate of drug-likeness (QED) is 0.0320. The van der Waals surface area contributed by atoms with Gasteiger partial charge in [-0.15, -0.1) is 20.5 Å². The molecular formula is C64H36N16O36S8Ti3. The first-order chi connectivity index (χ1) is 57.5. The second-order valence-corrected chi connectivity index (χ2v) is 34.5. The van der Waals surface area contributed by atoms with Gasteiger partial charge in [-0.1, -0.05) is 0 Å². The van der Waals surface area contributed by atoms with Gasteiger partial charge >= 0.3 is 65.2 Å². The van der Waals surface area contributed by atoms with Crippen LogP contribution in [0, 0.1) is 0 Å². The number of carboxylic acids is 4. The van der Waals surface area contributed by atoms with E-state index in [0.29, 0.717) is 18.7 Å². The van der Waals surface area contributed by atoms with E-state index in [2.05, 4.69) is 61.3 Å². The monoisotopic (exact) mass is 2000 g/mol. The number of nitrogens with zero attached hydrogens (tertiary/aromatic N) is 12. The fourth-order valence-electron chi connectivity index (χ4n) is 9.58. The fraction of sp³-hybridized carbons (Fsp3) is 0. The van der Waals surface area contributed by atoms with Gasteiger partial charge in [-0.2, -0.15) is 20.5 Å². The molecule has 0 atom stereocenters. The third-order valence-corrected chi connectivity index (χ3v) is 22.2. The van der Waals surface area contributed by atoms with E-state index in [4.69, 9.17) is 0 Å². The Morgan fingerprint density at radius 2 is 0.331 bits per heavy atom. The number of hydrogen-bond donors (Lipinski definition) is 4. The minimum absolute atomic E-state index is 0. The average molecular weight is 2010 g/mol. The van der Waals surface area contributed by atoms with Crippen molar-refractivity contribution < 1.29 is 209 Å². The van der Waals surface area contributed by atoms with Crippen LogP contribution in [0.3, 0.4) is 0 Å². The molecule has 12 rings (SSSR count). The zero-order chi connectivity index (χ0) is 91.9. The second-order valence-electron chi connectivity index (χ2n) is 23.4. The summed E-state index contributed by atoms with van der Waals surface area (Å²) in [6.07, 6.45) is 0. The van der Waals surface area contributed by atoms with Crippen LogP contribution in [-0.2, 0) is 146 Å². The summed E-state index contributed by atoms with van der Waals surface area (Å²) in [5, 5.41) is 83.1. The maximum atomic E-state index is 12.6. The largest absolute Gasteiger partial charge is 4.00 e. The van der Waals surface area contributed by atoms with Gasteiger partial charge in [-0.3, -0.25) is 39.6 Å². The Bertz CT molecular complexity index is 6730. The average Bonchev–Trinajstić information content (AvgIpc) is 1.66. The van der Waals surface area contributed by atoms with E-state index in [1.54, 1.807) is 0 Å². The van der Waals surface area contributed by atoms with E-state index in [1.165, 1.54) is 0 Å². The number of carboxylic acid groups (broad SMARTS) is 4. The van der Waals surface area contributed by atoms with Crippen molar-refractivity contribution >= 4 is 150 Å². The van der Waals surface area contributed by atoms with Crippen molar-refractivity contribution in [3.63, 3.8) is 0 Å². The summed E-state index contributed by atoms with van der Waals surface area (Å²) >= 11 is 0. The molecule has 0 aliphatic rings. The Morgan fingerprint density at radius 3 is 0.441 bits per heavy atom. The molecule has 12 aromatic rings. The second kappa shape index (κ2) is 40.9. The number of benzene rings is 8. The number of aromatic nitrogens is 8. The van der Waals surface area contributed by atoms with Gasteiger partial charge < -0.3 is 76.0 Å². The van der Waals surface area contributed by atoms with Gasteiger partial charge in [-0.25, -0.2) is 86.1 Å². The molecule has 127 heavy (non-hydrogen) atoms. The van der Waals surface area contributed by atoms with Crippen molar-refractivity contribution in [1.82, 2.24) is 39.1 Å². The number of hydrogen-bond acceptors (Lipinski definition) is 44. The van der Waals surface area contributed by atoms with Crippen molar-refractivity contribution in [3.8, 4) is 22.7 Å². The van der Waals surface area contributed by atoms with Crippen LogP contribution >= 0.6 is 0 Å². The minimum atomic E-state index is -4.72. The van der Waals surface area contributed by atoms with Crippen LogP contribution in [0.15, 0.2) is 293 Å². The van der Waals surface area contributed by atoms with E-state index in [0.717, 1.165) is 194 Å². The maximum absolute atomic E-state index is 12.6. The number of carbonyl (C=O) groups is 4. The first-order valence-corrected chi connectivity index (χ1v) is 43.2. The molecule has 0 amide bonds. The molecule has 0 spiro atoms. The summed E-state index contributed by atoms with van der Waals surface area (Å²) < 4.78 is 266. The molecule has 0 bridgehead atoms. The third-order valence-electron chi connectivity index (χ3n) is 15.4. The van der Waals surface area contributed by atoms with Crippen molar-refractivity contribution in [2.75, 3.05) is 0 Å². The molecule has 0 aliphatic carbocycles. The summed E-state index contributed by atoms with van der Waals surface area (Å²) in [6.45, 7) is 0. The normalized spacial score (nSPS) is 12.0. The van der Waals surface area contributed by atoms with Crippen LogP contribution in [0.2, 0.25) is 0 Å². The van der Waals surface area contributed by atoms with Crippen LogP contribution in [0.4, 0.5) is 45.5 Å². The maximum Gasteiger partial charge on any atom is 4.00 e. The zero-order valence-corrected chi connectivity index (χ0v) is 72.5. The number of rotatable bonds is 24. The van der Waals surface area contributed by atoms with E-state index in [1.807, 2.05) is 0 Å². The Hall–Kier alpha value is -12.5. The number of aromatic carboxylic acids is 4. The first kappa shape index (κ1) is 103. The number of nitrogens with one attached hydrogen (secondary N) is 4. The van der Waals surface area contributed by atoms with Gasteiger partial charge in [0.15, 0.2) is 22.7 Å². The predicted octanol–water partition coefficient (Wildman–Crippen LogP) is -0.997. The molecule has 0 radical (unpaired) electrons. The smallest absolute Gasteiger partial charge is 0.744 e. The topological polar surface area (TPSA) is 868 Å². The van der Waals surface area contributed by atoms with Gasteiger partial charge in [0.05, 0.1) is 109 Å². The summed E-state index contributed by atoms with van der Waals surface area (Å²) in [5.41, 5.74) is -9.58. The Balaban J connectivity index is 0.000000259. The van der Waals surface area contributed by atoms with Gasteiger partial charge in [-0.05, 0) is 194 Å². The molecule has 52 nitrogen and oxygen atoms in total. The van der Waals surface area contributed by atoms with Crippen molar-refractivity contribution in [2.45, 2.75) is 39.2 Å². The van der Waals surface area contributed by atoms with Gasteiger partial charge in [0.1, 0.15) is 104 Å². The number of azo groups is 4. The van der Waals surface area contributed by atoms with Crippen molar-refractivity contribution in [2.24, 2.45) is 40.9 Å². The van der Waals surface area contributed by atoms with Crippen molar-refractivity contribution in [1.29, 1.82) is 0 Å². The zero-order valence-electron chi connectivity index (χ0n) is 61.3. The number of H-pyrrole nitrogens is 4. The third kappa shape index (κ3) is 26.3. The van der Waals surface area contributed by atoms with Crippen LogP contribution in [0.1, 0.15) is 42.0 Å². The Kier molecular flexibility index (Phi) is 33.2. The fourth-order valence-corrected chi connectivity index (χ4v) is 13.3. The summed E-state index contributed by atoms with van der Waals surface area (Å²) in [6, 6.07) is 32.7. The molecule has 4 heterocycles. The molecule has 4 N–H and O–H groups in total. The molecule has 4 aromatic heterocycles. The van der Waals surface area contributed by atoms with E-state index >= 15 is 0 Å². The van der Waals surface area contributed by atoms with Crippen LogP contribution in [0.5, 0.6) is 0 Å². The van der Waals surface area contributed by atoms with Gasteiger partial charge in [0.2, 0.25) is 0 Å². The molecular weight excluding hydrogens is 1970 g/mol. The predicted molar refractivity (Wildman–Crippen MR) is 389 cm³/mol. The Morgan fingerprint density at radius 1 is 0.213 bits per heavy atom. The summed E-state index contributed by atoms with van der Waals surface area (Å²) in [5.74, 6) is -7.18. The van der Waals surface area contributed by atoms with Crippen LogP contribution in [-0.4, -0.2) is 167 Å². The molecule has 0 fully saturated rings. The van der Waals surface area contributed by atoms with E-state index in [-0.39, 0.29) is 111 Å². The molecule has 0 aliphatic heterocycles. The molecule has 8 aromatic carbocycles. The SMILES string of the molecule is O=C([O-])c1[nH]n(-c2ccc(S(=O)(=O)[O-])cc2)c(=O)c1N=Nc1ccc(S(=O)(=O)[O-])cc1.O=C([O-])c1[nH]n(-c2ccc(S(=O)(=O)[O-])cc2)c(=O)c1N=Nc1ccc(S(=O)(=O)[O-])cc1.O=C([O-])c1[nH]n(-c2ccc(S(=O)(=O)[O-])cc2)c(=O)c1N=Nc1ccc(S(=O)(=O)[O-])cc1.O=C([O-])c1[nH]n(-c2ccc(S(=O)(=O)[O-])cc2)c(=O)c1N=Nc1ccc(S(=O)(=O)[O-])cc1.[Ti+4].[Ti+4].[Ti+4]. The summed E-state index contributed by atoms with van der Waals surface area (Å²) in [7, 11) is -37.6. The number of carbonyl (C=O) groups excluding carboxylic acids is 4. The molecule has 0 saturated carbocycles. The molecule has 0 unspecified atom stereocenters. The van der Waals surface area contributed by atoms with E-state index < -0.39 is 212 Å². The van der Waals surface area contributed by atoms with Gasteiger partial charge in [0.25, 0.3) is 22.2 Å². The first-order valence-electron chi connectivity index (χ1n) is 31.9. The minimum Gasteiger partial charge on any atom is -0.744 e. The van der Waals surface area contributed by atoms with Crippen LogP contribution < -0.4 is 42.7 Å². The number of aromatic amines is 4. The standard InChI is InChI=1S/4C16H12N4O9S2.3Ti/c4*21-15-13(18-17-9-1-5-11(6-2-9)30(24,25)26)14(16(22)23)19-20(15)10-3-7-12(8-4-10)31(27,28)29;;;/h4*1-8,19H,(H,22,23)(H,24,25,26)(H,27,28,29);;;/q;;;;3*+4/p-12.